The molecule has 0 radical (unpaired) electrons. The van der Waals surface area contributed by atoms with E-state index in [2.05, 4.69) is 18.0 Å². The molecule has 3 nitrogen and oxygen atoms in total. The van der Waals surface area contributed by atoms with Crippen LogP contribution in [0.15, 0.2) is 30.6 Å². The zero-order valence-electron chi connectivity index (χ0n) is 11.1. The second-order valence-corrected chi connectivity index (χ2v) is 4.65. The van der Waals surface area contributed by atoms with Crippen molar-refractivity contribution in [2.45, 2.75) is 33.7 Å². The molecule has 1 heterocycles. The minimum absolute atomic E-state index is 0.000231. The Hall–Kier alpha value is -1.90. The number of rotatable bonds is 4. The Bertz CT molecular complexity index is 549. The van der Waals surface area contributed by atoms with E-state index in [4.69, 9.17) is 0 Å². The van der Waals surface area contributed by atoms with Gasteiger partial charge in [-0.2, -0.15) is 0 Å². The largest absolute Gasteiger partial charge is 0.328 e. The van der Waals surface area contributed by atoms with Crippen molar-refractivity contribution >= 4 is 5.78 Å². The fourth-order valence-electron chi connectivity index (χ4n) is 2.17. The zero-order valence-corrected chi connectivity index (χ0v) is 11.1. The number of carbonyl (C=O) groups is 1. The molecule has 1 aromatic carbocycles. The van der Waals surface area contributed by atoms with Gasteiger partial charge in [0.15, 0.2) is 5.82 Å². The molecule has 0 saturated heterocycles. The molecule has 0 aliphatic carbocycles. The lowest BCUT2D eigenvalue weighted by Gasteiger charge is -2.07. The van der Waals surface area contributed by atoms with Crippen molar-refractivity contribution in [1.29, 1.82) is 0 Å². The number of hydrogen-bond donors (Lipinski definition) is 0. The molecule has 0 aliphatic heterocycles. The Labute approximate surface area is 107 Å². The Balaban J connectivity index is 2.38. The Morgan fingerprint density at radius 1 is 1.22 bits per heavy atom. The smallest absolute Gasteiger partial charge is 0.228 e. The second kappa shape index (κ2) is 5.17. The molecular formula is C15H18N2O. The van der Waals surface area contributed by atoms with E-state index in [1.807, 2.05) is 36.7 Å². The predicted molar refractivity (Wildman–Crippen MR) is 71.9 cm³/mol. The normalized spacial score (nSPS) is 10.6. The fraction of sp³-hybridized carbons (Fsp3) is 0.333. The Morgan fingerprint density at radius 2 is 1.89 bits per heavy atom. The summed E-state index contributed by atoms with van der Waals surface area (Å²) in [4.78, 5) is 16.6. The van der Waals surface area contributed by atoms with E-state index in [0.29, 0.717) is 5.82 Å². The minimum atomic E-state index is 0.000231. The van der Waals surface area contributed by atoms with Gasteiger partial charge in [-0.05, 0) is 32.4 Å². The number of ketones is 1. The lowest BCUT2D eigenvalue weighted by molar-refractivity contribution is 0.102. The maximum Gasteiger partial charge on any atom is 0.228 e. The van der Waals surface area contributed by atoms with E-state index >= 15 is 0 Å². The molecule has 0 fully saturated rings. The highest BCUT2D eigenvalue weighted by atomic mass is 16.1. The topological polar surface area (TPSA) is 34.9 Å². The van der Waals surface area contributed by atoms with E-state index in [-0.39, 0.29) is 5.78 Å². The maximum absolute atomic E-state index is 12.4. The van der Waals surface area contributed by atoms with Gasteiger partial charge in [0.25, 0.3) is 0 Å². The number of carbonyl (C=O) groups excluding carboxylic acids is 1. The summed E-state index contributed by atoms with van der Waals surface area (Å²) in [6.45, 7) is 6.92. The van der Waals surface area contributed by atoms with Gasteiger partial charge in [-0.1, -0.05) is 24.1 Å². The first-order chi connectivity index (χ1) is 8.61. The van der Waals surface area contributed by atoms with Crippen LogP contribution in [0, 0.1) is 13.8 Å². The van der Waals surface area contributed by atoms with Crippen LogP contribution in [-0.4, -0.2) is 15.3 Å². The molecule has 1 aromatic heterocycles. The average molecular weight is 242 g/mol. The molecule has 2 rings (SSSR count). The monoisotopic (exact) mass is 242 g/mol. The van der Waals surface area contributed by atoms with Crippen molar-refractivity contribution < 1.29 is 4.79 Å². The quantitative estimate of drug-likeness (QED) is 0.772. The standard InChI is InChI=1S/C15H18N2O/c1-4-6-17-7-5-16-15(17)14(18)13-9-11(2)8-12(3)10-13/h5,7-10H,4,6H2,1-3H3. The van der Waals surface area contributed by atoms with E-state index in [1.54, 1.807) is 6.20 Å². The summed E-state index contributed by atoms with van der Waals surface area (Å²) in [5.41, 5.74) is 2.93. The molecule has 0 aliphatic rings. The van der Waals surface area contributed by atoms with Gasteiger partial charge in [0.05, 0.1) is 0 Å². The van der Waals surface area contributed by atoms with Crippen LogP contribution in [0.5, 0.6) is 0 Å². The van der Waals surface area contributed by atoms with Crippen molar-refractivity contribution in [2.24, 2.45) is 0 Å². The number of benzene rings is 1. The van der Waals surface area contributed by atoms with E-state index in [9.17, 15) is 4.79 Å². The third-order valence-electron chi connectivity index (χ3n) is 2.87. The summed E-state index contributed by atoms with van der Waals surface area (Å²) < 4.78 is 1.92. The zero-order chi connectivity index (χ0) is 13.1. The van der Waals surface area contributed by atoms with Crippen molar-refractivity contribution in [3.8, 4) is 0 Å². The molecule has 0 atom stereocenters. The Morgan fingerprint density at radius 3 is 2.50 bits per heavy atom. The number of hydrogen-bond acceptors (Lipinski definition) is 2. The molecule has 0 saturated carbocycles. The van der Waals surface area contributed by atoms with E-state index < -0.39 is 0 Å². The van der Waals surface area contributed by atoms with Crippen molar-refractivity contribution in [3.63, 3.8) is 0 Å². The van der Waals surface area contributed by atoms with Crippen LogP contribution < -0.4 is 0 Å². The Kier molecular flexibility index (Phi) is 3.60. The summed E-state index contributed by atoms with van der Waals surface area (Å²) in [6.07, 6.45) is 4.54. The molecule has 0 amide bonds. The third kappa shape index (κ3) is 2.50. The summed E-state index contributed by atoms with van der Waals surface area (Å²) in [7, 11) is 0. The highest BCUT2D eigenvalue weighted by molar-refractivity contribution is 6.06. The van der Waals surface area contributed by atoms with Gasteiger partial charge in [-0.15, -0.1) is 0 Å². The van der Waals surface area contributed by atoms with Gasteiger partial charge < -0.3 is 4.57 Å². The lowest BCUT2D eigenvalue weighted by Crippen LogP contribution is -2.11. The summed E-state index contributed by atoms with van der Waals surface area (Å²) >= 11 is 0. The van der Waals surface area contributed by atoms with Crippen LogP contribution in [0.2, 0.25) is 0 Å². The molecule has 2 aromatic rings. The first kappa shape index (κ1) is 12.6. The van der Waals surface area contributed by atoms with Crippen molar-refractivity contribution in [3.05, 3.63) is 53.1 Å². The summed E-state index contributed by atoms with van der Waals surface area (Å²) in [5.74, 6) is 0.530. The number of aromatic nitrogens is 2. The minimum Gasteiger partial charge on any atom is -0.328 e. The lowest BCUT2D eigenvalue weighted by atomic mass is 10.0. The first-order valence-corrected chi connectivity index (χ1v) is 6.26. The van der Waals surface area contributed by atoms with Crippen molar-refractivity contribution in [1.82, 2.24) is 9.55 Å². The van der Waals surface area contributed by atoms with E-state index in [1.165, 1.54) is 0 Å². The molecule has 0 spiro atoms. The van der Waals surface area contributed by atoms with Gasteiger partial charge in [-0.3, -0.25) is 4.79 Å². The van der Waals surface area contributed by atoms with Crippen LogP contribution in [0.4, 0.5) is 0 Å². The summed E-state index contributed by atoms with van der Waals surface area (Å²) in [6, 6.07) is 5.90. The maximum atomic E-state index is 12.4. The molecule has 3 heteroatoms. The highest BCUT2D eigenvalue weighted by Crippen LogP contribution is 2.13. The fourth-order valence-corrected chi connectivity index (χ4v) is 2.17. The SMILES string of the molecule is CCCn1ccnc1C(=O)c1cc(C)cc(C)c1. The number of aryl methyl sites for hydroxylation is 3. The molecule has 18 heavy (non-hydrogen) atoms. The molecule has 0 N–H and O–H groups in total. The van der Waals surface area contributed by atoms with Crippen LogP contribution in [0.1, 0.15) is 40.7 Å². The third-order valence-corrected chi connectivity index (χ3v) is 2.87. The van der Waals surface area contributed by atoms with E-state index in [0.717, 1.165) is 29.7 Å². The predicted octanol–water partition coefficient (Wildman–Crippen LogP) is 3.14. The highest BCUT2D eigenvalue weighted by Gasteiger charge is 2.15. The molecule has 94 valence electrons. The van der Waals surface area contributed by atoms with Crippen LogP contribution in [0.25, 0.3) is 0 Å². The average Bonchev–Trinajstić information content (AvgIpc) is 2.75. The van der Waals surface area contributed by atoms with Crippen LogP contribution in [0.3, 0.4) is 0 Å². The first-order valence-electron chi connectivity index (χ1n) is 6.26. The van der Waals surface area contributed by atoms with Gasteiger partial charge >= 0.3 is 0 Å². The number of nitrogens with zero attached hydrogens (tertiary/aromatic N) is 2. The van der Waals surface area contributed by atoms with Crippen molar-refractivity contribution in [2.75, 3.05) is 0 Å². The molecule has 0 unspecified atom stereocenters. The second-order valence-electron chi connectivity index (χ2n) is 4.65. The van der Waals surface area contributed by atoms with Crippen LogP contribution >= 0.6 is 0 Å². The molecule has 0 bridgehead atoms. The summed E-state index contributed by atoms with van der Waals surface area (Å²) in [5, 5.41) is 0. The molecular weight excluding hydrogens is 224 g/mol. The van der Waals surface area contributed by atoms with Crippen LogP contribution in [-0.2, 0) is 6.54 Å². The number of imidazole rings is 1. The van der Waals surface area contributed by atoms with Gasteiger partial charge in [0, 0.05) is 24.5 Å². The van der Waals surface area contributed by atoms with Gasteiger partial charge in [-0.25, -0.2) is 4.98 Å². The van der Waals surface area contributed by atoms with Gasteiger partial charge in [0.2, 0.25) is 5.78 Å². The van der Waals surface area contributed by atoms with Gasteiger partial charge in [0.1, 0.15) is 0 Å².